The van der Waals surface area contributed by atoms with E-state index in [-0.39, 0.29) is 11.5 Å². The van der Waals surface area contributed by atoms with Crippen LogP contribution in [0, 0.1) is 23.5 Å². The van der Waals surface area contributed by atoms with Gasteiger partial charge in [0.2, 0.25) is 0 Å². The molecular formula is C16H22F2O. The summed E-state index contributed by atoms with van der Waals surface area (Å²) in [5.74, 6) is -1.21. The van der Waals surface area contributed by atoms with E-state index < -0.39 is 17.2 Å². The lowest BCUT2D eigenvalue weighted by Gasteiger charge is -2.39. The molecule has 19 heavy (non-hydrogen) atoms. The number of aliphatic hydroxyl groups is 1. The molecule has 0 spiro atoms. The minimum Gasteiger partial charge on any atom is -0.385 e. The SMILES string of the molecule is CCC1CCCC(C(C)(O)c2cccc(F)c2F)C1. The lowest BCUT2D eigenvalue weighted by atomic mass is 9.70. The highest BCUT2D eigenvalue weighted by Crippen LogP contribution is 2.42. The van der Waals surface area contributed by atoms with Crippen LogP contribution in [0.2, 0.25) is 0 Å². The normalized spacial score (nSPS) is 27.0. The van der Waals surface area contributed by atoms with E-state index in [1.165, 1.54) is 18.6 Å². The van der Waals surface area contributed by atoms with Crippen molar-refractivity contribution in [3.05, 3.63) is 35.4 Å². The van der Waals surface area contributed by atoms with Gasteiger partial charge in [-0.2, -0.15) is 0 Å². The molecule has 1 saturated carbocycles. The Morgan fingerprint density at radius 1 is 1.32 bits per heavy atom. The number of hydrogen-bond acceptors (Lipinski definition) is 1. The zero-order valence-electron chi connectivity index (χ0n) is 11.6. The third-order valence-electron chi connectivity index (χ3n) is 4.65. The Morgan fingerprint density at radius 2 is 2.05 bits per heavy atom. The van der Waals surface area contributed by atoms with Gasteiger partial charge in [0.25, 0.3) is 0 Å². The fourth-order valence-electron chi connectivity index (χ4n) is 3.29. The maximum Gasteiger partial charge on any atom is 0.164 e. The molecule has 0 amide bonds. The van der Waals surface area contributed by atoms with E-state index in [9.17, 15) is 13.9 Å². The summed E-state index contributed by atoms with van der Waals surface area (Å²) < 4.78 is 27.2. The second-order valence-electron chi connectivity index (χ2n) is 5.89. The molecule has 0 bridgehead atoms. The summed E-state index contributed by atoms with van der Waals surface area (Å²) in [6.45, 7) is 3.76. The molecule has 106 valence electrons. The summed E-state index contributed by atoms with van der Waals surface area (Å²) >= 11 is 0. The van der Waals surface area contributed by atoms with Crippen molar-refractivity contribution in [3.8, 4) is 0 Å². The van der Waals surface area contributed by atoms with Crippen molar-refractivity contribution in [1.82, 2.24) is 0 Å². The van der Waals surface area contributed by atoms with Crippen LogP contribution in [0.4, 0.5) is 8.78 Å². The molecular weight excluding hydrogens is 246 g/mol. The molecule has 3 unspecified atom stereocenters. The van der Waals surface area contributed by atoms with Gasteiger partial charge >= 0.3 is 0 Å². The zero-order valence-corrected chi connectivity index (χ0v) is 11.6. The molecule has 0 radical (unpaired) electrons. The molecule has 3 heteroatoms. The first-order valence-corrected chi connectivity index (χ1v) is 7.13. The molecule has 1 aliphatic rings. The first-order chi connectivity index (χ1) is 8.96. The third-order valence-corrected chi connectivity index (χ3v) is 4.65. The van der Waals surface area contributed by atoms with E-state index in [4.69, 9.17) is 0 Å². The largest absolute Gasteiger partial charge is 0.385 e. The first kappa shape index (κ1) is 14.4. The van der Waals surface area contributed by atoms with Crippen molar-refractivity contribution >= 4 is 0 Å². The minimum atomic E-state index is -1.29. The minimum absolute atomic E-state index is 0.00231. The standard InChI is InChI=1S/C16H22F2O/c1-3-11-6-4-7-12(10-11)16(2,19)13-8-5-9-14(17)15(13)18/h5,8-9,11-12,19H,3-4,6-7,10H2,1-2H3. The Bertz CT molecular complexity index is 442. The fourth-order valence-corrected chi connectivity index (χ4v) is 3.29. The average molecular weight is 268 g/mol. The van der Waals surface area contributed by atoms with Crippen molar-refractivity contribution in [2.24, 2.45) is 11.8 Å². The van der Waals surface area contributed by atoms with Gasteiger partial charge in [0, 0.05) is 5.56 Å². The van der Waals surface area contributed by atoms with Gasteiger partial charge in [0.1, 0.15) is 0 Å². The summed E-state index contributed by atoms with van der Waals surface area (Å²) in [6, 6.07) is 4.04. The average Bonchev–Trinajstić information content (AvgIpc) is 2.41. The Balaban J connectivity index is 2.28. The molecule has 2 rings (SSSR count). The Kier molecular flexibility index (Phi) is 4.24. The molecule has 1 aromatic carbocycles. The number of hydrogen-bond donors (Lipinski definition) is 1. The van der Waals surface area contributed by atoms with Crippen molar-refractivity contribution in [2.45, 2.75) is 51.6 Å². The van der Waals surface area contributed by atoms with Crippen LogP contribution in [-0.4, -0.2) is 5.11 Å². The highest BCUT2D eigenvalue weighted by molar-refractivity contribution is 5.25. The summed E-state index contributed by atoms with van der Waals surface area (Å²) in [5.41, 5.74) is -1.20. The third kappa shape index (κ3) is 2.81. The van der Waals surface area contributed by atoms with E-state index >= 15 is 0 Å². The van der Waals surface area contributed by atoms with Crippen LogP contribution < -0.4 is 0 Å². The van der Waals surface area contributed by atoms with Crippen LogP contribution >= 0.6 is 0 Å². The lowest BCUT2D eigenvalue weighted by Crippen LogP contribution is -2.36. The molecule has 1 N–H and O–H groups in total. The highest BCUT2D eigenvalue weighted by atomic mass is 19.2. The Morgan fingerprint density at radius 3 is 2.74 bits per heavy atom. The molecule has 0 heterocycles. The summed E-state index contributed by atoms with van der Waals surface area (Å²) in [4.78, 5) is 0. The van der Waals surface area contributed by atoms with E-state index in [2.05, 4.69) is 6.92 Å². The molecule has 0 aromatic heterocycles. The number of rotatable bonds is 3. The molecule has 3 atom stereocenters. The van der Waals surface area contributed by atoms with Gasteiger partial charge in [-0.25, -0.2) is 8.78 Å². The van der Waals surface area contributed by atoms with Gasteiger partial charge in [-0.15, -0.1) is 0 Å². The van der Waals surface area contributed by atoms with E-state index in [1.807, 2.05) is 0 Å². The molecule has 1 fully saturated rings. The number of halogens is 2. The highest BCUT2D eigenvalue weighted by Gasteiger charge is 2.38. The lowest BCUT2D eigenvalue weighted by molar-refractivity contribution is -0.0342. The van der Waals surface area contributed by atoms with Crippen molar-refractivity contribution in [3.63, 3.8) is 0 Å². The summed E-state index contributed by atoms with van der Waals surface area (Å²) in [7, 11) is 0. The maximum absolute atomic E-state index is 13.9. The molecule has 0 aliphatic heterocycles. The topological polar surface area (TPSA) is 20.2 Å². The van der Waals surface area contributed by atoms with Crippen LogP contribution in [0.5, 0.6) is 0 Å². The summed E-state index contributed by atoms with van der Waals surface area (Å²) in [6.07, 6.45) is 5.07. The molecule has 1 nitrogen and oxygen atoms in total. The number of benzene rings is 1. The van der Waals surface area contributed by atoms with Crippen LogP contribution in [-0.2, 0) is 5.60 Å². The molecule has 1 aromatic rings. The smallest absolute Gasteiger partial charge is 0.164 e. The maximum atomic E-state index is 13.9. The van der Waals surface area contributed by atoms with Crippen LogP contribution in [0.3, 0.4) is 0 Å². The van der Waals surface area contributed by atoms with Gasteiger partial charge in [0.05, 0.1) is 5.60 Å². The Labute approximate surface area is 113 Å². The molecule has 1 aliphatic carbocycles. The monoisotopic (exact) mass is 268 g/mol. The zero-order chi connectivity index (χ0) is 14.0. The van der Waals surface area contributed by atoms with Gasteiger partial charge < -0.3 is 5.11 Å². The van der Waals surface area contributed by atoms with Gasteiger partial charge in [-0.05, 0) is 37.7 Å². The van der Waals surface area contributed by atoms with Crippen molar-refractivity contribution < 1.29 is 13.9 Å². The second kappa shape index (κ2) is 5.58. The van der Waals surface area contributed by atoms with Crippen LogP contribution in [0.1, 0.15) is 51.5 Å². The van der Waals surface area contributed by atoms with Crippen molar-refractivity contribution in [2.75, 3.05) is 0 Å². The molecule has 0 saturated heterocycles. The predicted octanol–water partition coefficient (Wildman–Crippen LogP) is 4.39. The first-order valence-electron chi connectivity index (χ1n) is 7.13. The predicted molar refractivity (Wildman–Crippen MR) is 71.7 cm³/mol. The van der Waals surface area contributed by atoms with Gasteiger partial charge in [-0.3, -0.25) is 0 Å². The van der Waals surface area contributed by atoms with E-state index in [1.54, 1.807) is 6.92 Å². The van der Waals surface area contributed by atoms with Gasteiger partial charge in [-0.1, -0.05) is 38.3 Å². The van der Waals surface area contributed by atoms with E-state index in [0.717, 1.165) is 31.7 Å². The van der Waals surface area contributed by atoms with Crippen LogP contribution in [0.15, 0.2) is 18.2 Å². The quantitative estimate of drug-likeness (QED) is 0.862. The fraction of sp³-hybridized carbons (Fsp3) is 0.625. The van der Waals surface area contributed by atoms with E-state index in [0.29, 0.717) is 5.92 Å². The Hall–Kier alpha value is -0.960. The summed E-state index contributed by atoms with van der Waals surface area (Å²) in [5, 5.41) is 10.7. The van der Waals surface area contributed by atoms with Gasteiger partial charge in [0.15, 0.2) is 11.6 Å². The van der Waals surface area contributed by atoms with Crippen molar-refractivity contribution in [1.29, 1.82) is 0 Å². The second-order valence-corrected chi connectivity index (χ2v) is 5.89. The van der Waals surface area contributed by atoms with Crippen LogP contribution in [0.25, 0.3) is 0 Å².